The minimum Gasteiger partial charge on any atom is -0.355 e. The van der Waals surface area contributed by atoms with Crippen LogP contribution in [0.3, 0.4) is 0 Å². The van der Waals surface area contributed by atoms with E-state index >= 15 is 0 Å². The second-order valence-corrected chi connectivity index (χ2v) is 5.25. The Balaban J connectivity index is 1.93. The molecular weight excluding hydrogens is 188 g/mol. The van der Waals surface area contributed by atoms with Gasteiger partial charge in [-0.25, -0.2) is 0 Å². The largest absolute Gasteiger partial charge is 0.355 e. The Morgan fingerprint density at radius 2 is 2.00 bits per heavy atom. The molecular formula is C12H22N2O. The highest BCUT2D eigenvalue weighted by molar-refractivity contribution is 5.82. The van der Waals surface area contributed by atoms with Crippen molar-refractivity contribution in [3.8, 4) is 0 Å². The van der Waals surface area contributed by atoms with Crippen molar-refractivity contribution in [3.63, 3.8) is 0 Å². The lowest BCUT2D eigenvalue weighted by Gasteiger charge is -2.30. The van der Waals surface area contributed by atoms with Crippen LogP contribution in [0.2, 0.25) is 0 Å². The van der Waals surface area contributed by atoms with Crippen LogP contribution in [0.5, 0.6) is 0 Å². The summed E-state index contributed by atoms with van der Waals surface area (Å²) < 4.78 is 0. The third kappa shape index (κ3) is 2.71. The quantitative estimate of drug-likeness (QED) is 0.726. The molecule has 0 spiro atoms. The maximum atomic E-state index is 11.8. The van der Waals surface area contributed by atoms with Crippen molar-refractivity contribution in [3.05, 3.63) is 0 Å². The number of carbonyl (C=O) groups is 1. The zero-order valence-corrected chi connectivity index (χ0v) is 9.64. The van der Waals surface area contributed by atoms with Gasteiger partial charge in [-0.15, -0.1) is 0 Å². The number of nitrogens with one attached hydrogen (secondary N) is 2. The topological polar surface area (TPSA) is 41.1 Å². The van der Waals surface area contributed by atoms with Gasteiger partial charge in [0, 0.05) is 12.1 Å². The Morgan fingerprint density at radius 1 is 1.27 bits per heavy atom. The summed E-state index contributed by atoms with van der Waals surface area (Å²) in [5, 5.41) is 6.56. The molecule has 1 unspecified atom stereocenters. The standard InChI is InChI=1S/C12H22N2O/c1-12(7-3-4-8-12)14-10-6-2-5-9-13-11(10)15/h10,14H,2-9H2,1H3,(H,13,15). The summed E-state index contributed by atoms with van der Waals surface area (Å²) in [5.74, 6) is 0.209. The molecule has 1 saturated heterocycles. The van der Waals surface area contributed by atoms with E-state index in [1.165, 1.54) is 25.7 Å². The van der Waals surface area contributed by atoms with Gasteiger partial charge in [-0.05, 0) is 39.0 Å². The van der Waals surface area contributed by atoms with E-state index in [4.69, 9.17) is 0 Å². The number of hydrogen-bond acceptors (Lipinski definition) is 2. The van der Waals surface area contributed by atoms with E-state index < -0.39 is 0 Å². The molecule has 15 heavy (non-hydrogen) atoms. The molecule has 2 aliphatic rings. The third-order valence-corrected chi connectivity index (χ3v) is 3.77. The van der Waals surface area contributed by atoms with Gasteiger partial charge in [0.1, 0.15) is 0 Å². The average Bonchev–Trinajstić information content (AvgIpc) is 2.53. The van der Waals surface area contributed by atoms with Crippen molar-refractivity contribution in [2.45, 2.75) is 63.5 Å². The van der Waals surface area contributed by atoms with Crippen LogP contribution in [0.1, 0.15) is 51.9 Å². The van der Waals surface area contributed by atoms with Crippen molar-refractivity contribution >= 4 is 5.91 Å². The SMILES string of the molecule is CC1(NC2CCCCNC2=O)CCCC1. The highest BCUT2D eigenvalue weighted by Gasteiger charge is 2.33. The van der Waals surface area contributed by atoms with Gasteiger partial charge in [-0.3, -0.25) is 4.79 Å². The van der Waals surface area contributed by atoms with Crippen LogP contribution < -0.4 is 10.6 Å². The first-order valence-corrected chi connectivity index (χ1v) is 6.25. The molecule has 0 aromatic carbocycles. The van der Waals surface area contributed by atoms with E-state index in [9.17, 15) is 4.79 Å². The van der Waals surface area contributed by atoms with Crippen LogP contribution in [-0.4, -0.2) is 24.0 Å². The van der Waals surface area contributed by atoms with Crippen molar-refractivity contribution < 1.29 is 4.79 Å². The molecule has 1 heterocycles. The summed E-state index contributed by atoms with van der Waals surface area (Å²) in [5.41, 5.74) is 0.215. The van der Waals surface area contributed by atoms with E-state index in [1.54, 1.807) is 0 Å². The normalized spacial score (nSPS) is 31.0. The van der Waals surface area contributed by atoms with Crippen molar-refractivity contribution in [2.75, 3.05) is 6.54 Å². The van der Waals surface area contributed by atoms with Gasteiger partial charge in [0.15, 0.2) is 0 Å². The fourth-order valence-corrected chi connectivity index (χ4v) is 2.80. The number of hydrogen-bond donors (Lipinski definition) is 2. The number of amides is 1. The summed E-state index contributed by atoms with van der Waals surface area (Å²) in [6.45, 7) is 3.12. The Kier molecular flexibility index (Phi) is 3.29. The first kappa shape index (κ1) is 10.9. The molecule has 1 aliphatic heterocycles. The first-order chi connectivity index (χ1) is 7.20. The zero-order valence-electron chi connectivity index (χ0n) is 9.64. The highest BCUT2D eigenvalue weighted by atomic mass is 16.2. The van der Waals surface area contributed by atoms with Crippen molar-refractivity contribution in [1.82, 2.24) is 10.6 Å². The Bertz CT molecular complexity index is 234. The van der Waals surface area contributed by atoms with Gasteiger partial charge in [0.05, 0.1) is 6.04 Å². The van der Waals surface area contributed by atoms with Crippen LogP contribution in [0.15, 0.2) is 0 Å². The lowest BCUT2D eigenvalue weighted by Crippen LogP contribution is -2.52. The summed E-state index contributed by atoms with van der Waals surface area (Å²) in [7, 11) is 0. The predicted molar refractivity (Wildman–Crippen MR) is 60.7 cm³/mol. The van der Waals surface area contributed by atoms with Gasteiger partial charge in [-0.2, -0.15) is 0 Å². The van der Waals surface area contributed by atoms with Crippen LogP contribution in [0, 0.1) is 0 Å². The molecule has 0 aromatic rings. The monoisotopic (exact) mass is 210 g/mol. The molecule has 1 atom stereocenters. The van der Waals surface area contributed by atoms with Crippen LogP contribution in [0.25, 0.3) is 0 Å². The lowest BCUT2D eigenvalue weighted by molar-refractivity contribution is -0.123. The molecule has 86 valence electrons. The van der Waals surface area contributed by atoms with Crippen LogP contribution in [-0.2, 0) is 4.79 Å². The molecule has 2 N–H and O–H groups in total. The molecule has 0 aromatic heterocycles. The minimum absolute atomic E-state index is 0.0515. The van der Waals surface area contributed by atoms with Gasteiger partial charge >= 0.3 is 0 Å². The van der Waals surface area contributed by atoms with Crippen molar-refractivity contribution in [1.29, 1.82) is 0 Å². The predicted octanol–water partition coefficient (Wildman–Crippen LogP) is 1.58. The molecule has 3 nitrogen and oxygen atoms in total. The second-order valence-electron chi connectivity index (χ2n) is 5.25. The average molecular weight is 210 g/mol. The maximum Gasteiger partial charge on any atom is 0.237 e. The Morgan fingerprint density at radius 3 is 2.73 bits per heavy atom. The highest BCUT2D eigenvalue weighted by Crippen LogP contribution is 2.29. The number of rotatable bonds is 2. The molecule has 1 saturated carbocycles. The van der Waals surface area contributed by atoms with Gasteiger partial charge in [0.2, 0.25) is 5.91 Å². The Hall–Kier alpha value is -0.570. The van der Waals surface area contributed by atoms with Crippen molar-refractivity contribution in [2.24, 2.45) is 0 Å². The van der Waals surface area contributed by atoms with Gasteiger partial charge in [-0.1, -0.05) is 12.8 Å². The summed E-state index contributed by atoms with van der Waals surface area (Å²) in [6.07, 6.45) is 8.33. The van der Waals surface area contributed by atoms with E-state index in [0.29, 0.717) is 0 Å². The fraction of sp³-hybridized carbons (Fsp3) is 0.917. The van der Waals surface area contributed by atoms with E-state index in [-0.39, 0.29) is 17.5 Å². The molecule has 2 rings (SSSR count). The summed E-state index contributed by atoms with van der Waals surface area (Å²) in [4.78, 5) is 11.8. The molecule has 2 fully saturated rings. The third-order valence-electron chi connectivity index (χ3n) is 3.77. The van der Waals surface area contributed by atoms with E-state index in [0.717, 1.165) is 25.8 Å². The zero-order chi connectivity index (χ0) is 10.7. The fourth-order valence-electron chi connectivity index (χ4n) is 2.80. The molecule has 0 bridgehead atoms. The molecule has 1 aliphatic carbocycles. The maximum absolute atomic E-state index is 11.8. The molecule has 1 amide bonds. The number of carbonyl (C=O) groups excluding carboxylic acids is 1. The second kappa shape index (κ2) is 4.52. The van der Waals surface area contributed by atoms with Gasteiger partial charge < -0.3 is 10.6 Å². The summed E-state index contributed by atoms with van der Waals surface area (Å²) >= 11 is 0. The minimum atomic E-state index is 0.0515. The van der Waals surface area contributed by atoms with E-state index in [1.807, 2.05) is 0 Å². The molecule has 0 radical (unpaired) electrons. The van der Waals surface area contributed by atoms with Gasteiger partial charge in [0.25, 0.3) is 0 Å². The van der Waals surface area contributed by atoms with Crippen LogP contribution in [0.4, 0.5) is 0 Å². The van der Waals surface area contributed by atoms with E-state index in [2.05, 4.69) is 17.6 Å². The summed E-state index contributed by atoms with van der Waals surface area (Å²) in [6, 6.07) is 0.0515. The Labute approximate surface area is 92.0 Å². The lowest BCUT2D eigenvalue weighted by atomic mass is 9.97. The van der Waals surface area contributed by atoms with Crippen LogP contribution >= 0.6 is 0 Å². The smallest absolute Gasteiger partial charge is 0.237 e. The molecule has 3 heteroatoms. The first-order valence-electron chi connectivity index (χ1n) is 6.25.